The van der Waals surface area contributed by atoms with Crippen molar-refractivity contribution in [2.75, 3.05) is 20.6 Å². The van der Waals surface area contributed by atoms with E-state index < -0.39 is 23.5 Å². The number of aromatic hydroxyl groups is 1. The number of likely N-dealkylation sites (N-methyl/N-ethyl adjacent to an activating group) is 2. The first-order chi connectivity index (χ1) is 17.9. The van der Waals surface area contributed by atoms with Gasteiger partial charge in [-0.05, 0) is 74.7 Å². The first-order valence-corrected chi connectivity index (χ1v) is 12.7. The third-order valence-electron chi connectivity index (χ3n) is 9.05. The highest BCUT2D eigenvalue weighted by Gasteiger charge is 2.73. The first kappa shape index (κ1) is 25.1. The largest absolute Gasteiger partial charge is 0.573 e. The van der Waals surface area contributed by atoms with E-state index in [-0.39, 0.29) is 29.5 Å². The molecule has 1 spiro atoms. The molecule has 0 aromatic heterocycles. The number of piperidine rings is 1. The van der Waals surface area contributed by atoms with E-state index in [0.717, 1.165) is 17.7 Å². The zero-order valence-electron chi connectivity index (χ0n) is 21.0. The monoisotopic (exact) mass is 530 g/mol. The van der Waals surface area contributed by atoms with E-state index in [1.54, 1.807) is 24.1 Å². The second kappa shape index (κ2) is 8.38. The van der Waals surface area contributed by atoms with E-state index in [9.17, 15) is 28.2 Å². The summed E-state index contributed by atoms with van der Waals surface area (Å²) in [5.41, 5.74) is 0.492. The summed E-state index contributed by atoms with van der Waals surface area (Å²) in [4.78, 5) is 17.1. The molecule has 202 valence electrons. The van der Waals surface area contributed by atoms with Crippen molar-refractivity contribution in [3.05, 3.63) is 59.2 Å². The minimum absolute atomic E-state index is 0.0286. The van der Waals surface area contributed by atoms with Gasteiger partial charge in [-0.1, -0.05) is 18.2 Å². The van der Waals surface area contributed by atoms with E-state index in [4.69, 9.17) is 4.74 Å². The second-order valence-electron chi connectivity index (χ2n) is 10.8. The number of hydrogen-bond donors (Lipinski definition) is 2. The van der Waals surface area contributed by atoms with Gasteiger partial charge >= 0.3 is 6.36 Å². The molecule has 10 heteroatoms. The van der Waals surface area contributed by atoms with Crippen LogP contribution < -0.4 is 9.47 Å². The summed E-state index contributed by atoms with van der Waals surface area (Å²) in [5, 5.41) is 22.9. The van der Waals surface area contributed by atoms with Gasteiger partial charge in [0.15, 0.2) is 11.5 Å². The molecule has 5 atom stereocenters. The fourth-order valence-corrected chi connectivity index (χ4v) is 7.39. The van der Waals surface area contributed by atoms with Crippen molar-refractivity contribution in [3.63, 3.8) is 0 Å². The highest BCUT2D eigenvalue weighted by Crippen LogP contribution is 2.65. The van der Waals surface area contributed by atoms with E-state index in [1.807, 2.05) is 13.1 Å². The molecule has 4 aliphatic rings. The Labute approximate surface area is 218 Å². The molecule has 7 nitrogen and oxygen atoms in total. The van der Waals surface area contributed by atoms with Crippen LogP contribution in [0.25, 0.3) is 6.08 Å². The van der Waals surface area contributed by atoms with Crippen LogP contribution in [0.2, 0.25) is 0 Å². The van der Waals surface area contributed by atoms with Gasteiger partial charge in [0.05, 0.1) is 17.1 Å². The zero-order chi connectivity index (χ0) is 27.0. The Kier molecular flexibility index (Phi) is 5.53. The van der Waals surface area contributed by atoms with Crippen molar-refractivity contribution in [2.45, 2.75) is 61.2 Å². The Bertz CT molecular complexity index is 1330. The predicted octanol–water partition coefficient (Wildman–Crippen LogP) is 3.62. The van der Waals surface area contributed by atoms with Gasteiger partial charge in [-0.15, -0.1) is 13.2 Å². The highest BCUT2D eigenvalue weighted by atomic mass is 19.4. The normalized spacial score (nSPS) is 31.6. The zero-order valence-corrected chi connectivity index (χ0v) is 21.0. The lowest BCUT2D eigenvalue weighted by molar-refractivity contribution is -0.274. The number of alkyl halides is 3. The van der Waals surface area contributed by atoms with E-state index >= 15 is 0 Å². The van der Waals surface area contributed by atoms with Gasteiger partial charge in [0.25, 0.3) is 0 Å². The van der Waals surface area contributed by atoms with Crippen LogP contribution in [-0.2, 0) is 16.6 Å². The molecule has 38 heavy (non-hydrogen) atoms. The van der Waals surface area contributed by atoms with Gasteiger partial charge in [-0.2, -0.15) is 0 Å². The van der Waals surface area contributed by atoms with E-state index in [2.05, 4.69) is 9.64 Å². The van der Waals surface area contributed by atoms with Gasteiger partial charge in [0.2, 0.25) is 5.91 Å². The Balaban J connectivity index is 1.30. The smallest absolute Gasteiger partial charge is 0.504 e. The summed E-state index contributed by atoms with van der Waals surface area (Å²) >= 11 is 0. The molecular weight excluding hydrogens is 501 g/mol. The van der Waals surface area contributed by atoms with Gasteiger partial charge in [0, 0.05) is 24.7 Å². The fourth-order valence-electron chi connectivity index (χ4n) is 7.39. The SMILES string of the molecule is CN1CC[C@]23c4c5ccc(O)c4O[C@H]2[C@H](N(C)C(=O)C=Cc2cccc(OC(F)(F)F)c2)CC[C@@]3(O)[C@H]1C5. The molecule has 2 aromatic carbocycles. The standard InChI is InChI=1S/C28H29F3N2O5/c1-32-13-12-26-23-17-7-8-20(34)24(23)37-25(26)19(10-11-27(26,36)21(32)15-17)33(2)22(35)9-6-16-4-3-5-18(14-16)38-28(29,30)31/h3-9,14,19,21,25,34,36H,10-13,15H2,1-2H3/t19-,21-,25+,26+,27-/m1/s1. The van der Waals surface area contributed by atoms with Crippen LogP contribution in [0.1, 0.15) is 36.0 Å². The topological polar surface area (TPSA) is 82.5 Å². The molecule has 2 aromatic rings. The highest BCUT2D eigenvalue weighted by molar-refractivity contribution is 5.92. The Morgan fingerprint density at radius 1 is 1.26 bits per heavy atom. The molecule has 2 bridgehead atoms. The number of halogens is 3. The maximum absolute atomic E-state index is 13.3. The predicted molar refractivity (Wildman–Crippen MR) is 132 cm³/mol. The number of rotatable bonds is 4. The lowest BCUT2D eigenvalue weighted by atomic mass is 9.48. The lowest BCUT2D eigenvalue weighted by Gasteiger charge is -2.64. The van der Waals surface area contributed by atoms with E-state index in [1.165, 1.54) is 30.4 Å². The molecule has 2 N–H and O–H groups in total. The van der Waals surface area contributed by atoms with Crippen LogP contribution in [-0.4, -0.2) is 76.7 Å². The summed E-state index contributed by atoms with van der Waals surface area (Å²) in [5.74, 6) is -0.282. The molecule has 0 unspecified atom stereocenters. The average molecular weight is 531 g/mol. The minimum Gasteiger partial charge on any atom is -0.504 e. The molecular formula is C28H29F3N2O5. The number of hydrogen-bond acceptors (Lipinski definition) is 6. The number of ether oxygens (including phenoxy) is 2. The van der Waals surface area contributed by atoms with Gasteiger partial charge in [-0.3, -0.25) is 4.79 Å². The Hall–Kier alpha value is -3.24. The van der Waals surface area contributed by atoms with Gasteiger partial charge in [0.1, 0.15) is 11.9 Å². The first-order valence-electron chi connectivity index (χ1n) is 12.7. The van der Waals surface area contributed by atoms with Crippen molar-refractivity contribution in [3.8, 4) is 17.2 Å². The molecule has 2 aliphatic heterocycles. The maximum Gasteiger partial charge on any atom is 0.573 e. The van der Waals surface area contributed by atoms with Crippen LogP contribution in [0.15, 0.2) is 42.5 Å². The molecule has 2 fully saturated rings. The van der Waals surface area contributed by atoms with Crippen molar-refractivity contribution in [1.29, 1.82) is 0 Å². The number of benzene rings is 2. The summed E-state index contributed by atoms with van der Waals surface area (Å²) in [6.07, 6.45) is -0.334. The van der Waals surface area contributed by atoms with Gasteiger partial charge < -0.3 is 29.5 Å². The molecule has 0 radical (unpaired) electrons. The van der Waals surface area contributed by atoms with Crippen LogP contribution in [0, 0.1) is 0 Å². The van der Waals surface area contributed by atoms with Crippen molar-refractivity contribution >= 4 is 12.0 Å². The second-order valence-corrected chi connectivity index (χ2v) is 10.8. The third kappa shape index (κ3) is 3.53. The van der Waals surface area contributed by atoms with Crippen molar-refractivity contribution < 1.29 is 37.7 Å². The summed E-state index contributed by atoms with van der Waals surface area (Å²) in [6.45, 7) is 0.752. The van der Waals surface area contributed by atoms with Crippen molar-refractivity contribution in [1.82, 2.24) is 9.80 Å². The number of carbonyl (C=O) groups excluding carboxylic acids is 1. The molecule has 6 rings (SSSR count). The molecule has 1 amide bonds. The van der Waals surface area contributed by atoms with E-state index in [0.29, 0.717) is 37.0 Å². The van der Waals surface area contributed by atoms with Crippen LogP contribution >= 0.6 is 0 Å². The minimum atomic E-state index is -4.81. The third-order valence-corrected chi connectivity index (χ3v) is 9.05. The summed E-state index contributed by atoms with van der Waals surface area (Å²) in [6, 6.07) is 8.46. The molecule has 2 heterocycles. The molecule has 2 aliphatic carbocycles. The number of carbonyl (C=O) groups is 1. The number of phenolic OH excluding ortho intramolecular Hbond substituents is 1. The number of aliphatic hydroxyl groups is 1. The molecule has 1 saturated carbocycles. The number of phenols is 1. The van der Waals surface area contributed by atoms with Crippen LogP contribution in [0.3, 0.4) is 0 Å². The maximum atomic E-state index is 13.3. The van der Waals surface area contributed by atoms with Crippen LogP contribution in [0.5, 0.6) is 17.2 Å². The van der Waals surface area contributed by atoms with Crippen LogP contribution in [0.4, 0.5) is 13.2 Å². The molecule has 1 saturated heterocycles. The summed E-state index contributed by atoms with van der Waals surface area (Å²) in [7, 11) is 3.69. The summed E-state index contributed by atoms with van der Waals surface area (Å²) < 4.78 is 48.1. The quantitative estimate of drug-likeness (QED) is 0.588. The number of likely N-dealkylation sites (tertiary alicyclic amines) is 1. The Morgan fingerprint density at radius 3 is 2.82 bits per heavy atom. The lowest BCUT2D eigenvalue weighted by Crippen LogP contribution is -2.77. The Morgan fingerprint density at radius 2 is 2.05 bits per heavy atom. The van der Waals surface area contributed by atoms with Crippen molar-refractivity contribution in [2.24, 2.45) is 0 Å². The number of amides is 1. The average Bonchev–Trinajstić information content (AvgIpc) is 3.21. The number of nitrogens with zero attached hydrogens (tertiary/aromatic N) is 2. The fraction of sp³-hybridized carbons (Fsp3) is 0.464. The van der Waals surface area contributed by atoms with Gasteiger partial charge in [-0.25, -0.2) is 0 Å².